The van der Waals surface area contributed by atoms with Gasteiger partial charge in [0.2, 0.25) is 5.78 Å². The van der Waals surface area contributed by atoms with Gasteiger partial charge in [-0.3, -0.25) is 14.5 Å². The minimum absolute atomic E-state index is 0.0107. The average Bonchev–Trinajstić information content (AvgIpc) is 3.69. The number of aliphatic hydroxyl groups is 1. The van der Waals surface area contributed by atoms with E-state index in [1.165, 1.54) is 23.3 Å². The predicted molar refractivity (Wildman–Crippen MR) is 168 cm³/mol. The topological polar surface area (TPSA) is 102 Å². The van der Waals surface area contributed by atoms with E-state index in [1.807, 2.05) is 50.2 Å². The van der Waals surface area contributed by atoms with E-state index in [0.29, 0.717) is 39.8 Å². The van der Waals surface area contributed by atoms with Gasteiger partial charge in [-0.2, -0.15) is 0 Å². The summed E-state index contributed by atoms with van der Waals surface area (Å²) < 4.78 is 18.3. The van der Waals surface area contributed by atoms with Crippen LogP contribution in [0.5, 0.6) is 11.5 Å². The zero-order chi connectivity index (χ0) is 30.2. The van der Waals surface area contributed by atoms with Crippen molar-refractivity contribution >= 4 is 49.3 Å². The van der Waals surface area contributed by atoms with Gasteiger partial charge in [-0.1, -0.05) is 61.4 Å². The summed E-state index contributed by atoms with van der Waals surface area (Å²) in [6, 6.07) is 17.3. The number of amides is 1. The molecule has 220 valence electrons. The molecule has 0 bridgehead atoms. The molecule has 1 N–H and O–H groups in total. The fourth-order valence-corrected chi connectivity index (χ4v) is 6.74. The van der Waals surface area contributed by atoms with E-state index in [0.717, 1.165) is 40.6 Å². The summed E-state index contributed by atoms with van der Waals surface area (Å²) in [5.74, 6) is -0.858. The van der Waals surface area contributed by atoms with Crippen molar-refractivity contribution in [3.63, 3.8) is 0 Å². The SMILES string of the molecule is CCCCCOc1cccc(C2C(C(=O)c3cc4cccc(OC)c4o3)=C(O)C(=O)N2c2nc3c(C)cc(C)cc3s2)c1. The summed E-state index contributed by atoms with van der Waals surface area (Å²) in [7, 11) is 1.52. The fraction of sp³-hybridized carbons (Fsp3) is 0.265. The third-order valence-electron chi connectivity index (χ3n) is 7.62. The van der Waals surface area contributed by atoms with Crippen molar-refractivity contribution in [2.24, 2.45) is 0 Å². The first kappa shape index (κ1) is 28.5. The Labute approximate surface area is 253 Å². The molecular weight excluding hydrogens is 564 g/mol. The molecule has 0 aliphatic carbocycles. The Morgan fingerprint density at radius 3 is 2.70 bits per heavy atom. The second-order valence-corrected chi connectivity index (χ2v) is 11.7. The minimum atomic E-state index is -0.962. The summed E-state index contributed by atoms with van der Waals surface area (Å²) in [6.45, 7) is 6.66. The lowest BCUT2D eigenvalue weighted by molar-refractivity contribution is -0.117. The van der Waals surface area contributed by atoms with Crippen LogP contribution in [-0.4, -0.2) is 35.5 Å². The molecule has 1 aliphatic rings. The highest BCUT2D eigenvalue weighted by atomic mass is 32.1. The maximum atomic E-state index is 14.2. The smallest absolute Gasteiger partial charge is 0.296 e. The van der Waals surface area contributed by atoms with E-state index in [9.17, 15) is 14.7 Å². The number of fused-ring (bicyclic) bond motifs is 2. The van der Waals surface area contributed by atoms with Crippen molar-refractivity contribution in [3.05, 3.63) is 94.4 Å². The number of benzene rings is 3. The number of carbonyl (C=O) groups is 2. The lowest BCUT2D eigenvalue weighted by Gasteiger charge is -2.24. The number of para-hydroxylation sites is 1. The summed E-state index contributed by atoms with van der Waals surface area (Å²) in [5.41, 5.74) is 3.76. The number of hydrogen-bond acceptors (Lipinski definition) is 8. The number of unbranched alkanes of at least 4 members (excludes halogenated alkanes) is 2. The molecule has 1 atom stereocenters. The summed E-state index contributed by atoms with van der Waals surface area (Å²) in [5, 5.41) is 12.4. The molecule has 0 saturated heterocycles. The Kier molecular flexibility index (Phi) is 7.66. The van der Waals surface area contributed by atoms with E-state index < -0.39 is 23.5 Å². The van der Waals surface area contributed by atoms with Crippen molar-refractivity contribution in [1.29, 1.82) is 0 Å². The Morgan fingerprint density at radius 1 is 1.09 bits per heavy atom. The van der Waals surface area contributed by atoms with Gasteiger partial charge in [-0.15, -0.1) is 0 Å². The number of nitrogens with zero attached hydrogens (tertiary/aromatic N) is 2. The second kappa shape index (κ2) is 11.6. The van der Waals surface area contributed by atoms with Crippen LogP contribution in [0, 0.1) is 13.8 Å². The van der Waals surface area contributed by atoms with Gasteiger partial charge < -0.3 is 19.0 Å². The number of furan rings is 1. The maximum absolute atomic E-state index is 14.2. The van der Waals surface area contributed by atoms with E-state index in [4.69, 9.17) is 18.9 Å². The number of hydrogen-bond donors (Lipinski definition) is 1. The molecule has 1 aliphatic heterocycles. The van der Waals surface area contributed by atoms with Gasteiger partial charge in [0.1, 0.15) is 5.75 Å². The van der Waals surface area contributed by atoms with Crippen molar-refractivity contribution in [2.45, 2.75) is 46.1 Å². The number of carbonyl (C=O) groups excluding carboxylic acids is 2. The largest absolute Gasteiger partial charge is 0.503 e. The van der Waals surface area contributed by atoms with E-state index in [1.54, 1.807) is 24.3 Å². The normalized spacial score (nSPS) is 15.2. The standard InChI is InChI=1S/C34H32N2O6S/c1-5-6-7-14-41-23-12-8-10-21(17-23)29-27(30(37)25-18-22-11-9-13-24(40-4)32(22)42-25)31(38)33(39)36(29)34-35-28-20(3)15-19(2)16-26(28)43-34/h8-13,15-18,29,38H,5-7,14H2,1-4H3. The van der Waals surface area contributed by atoms with Crippen LogP contribution in [0.4, 0.5) is 5.13 Å². The molecule has 9 heteroatoms. The lowest BCUT2D eigenvalue weighted by Crippen LogP contribution is -2.31. The van der Waals surface area contributed by atoms with Gasteiger partial charge >= 0.3 is 0 Å². The molecule has 0 radical (unpaired) electrons. The highest BCUT2D eigenvalue weighted by molar-refractivity contribution is 7.22. The van der Waals surface area contributed by atoms with Crippen LogP contribution in [0.3, 0.4) is 0 Å². The van der Waals surface area contributed by atoms with Gasteiger partial charge in [-0.25, -0.2) is 4.98 Å². The minimum Gasteiger partial charge on any atom is -0.503 e. The molecule has 8 nitrogen and oxygen atoms in total. The maximum Gasteiger partial charge on any atom is 0.296 e. The number of aryl methyl sites for hydroxylation is 2. The quantitative estimate of drug-likeness (QED) is 0.129. The van der Waals surface area contributed by atoms with E-state index in [-0.39, 0.29) is 11.3 Å². The summed E-state index contributed by atoms with van der Waals surface area (Å²) >= 11 is 1.34. The molecule has 2 aromatic heterocycles. The average molecular weight is 597 g/mol. The molecule has 0 saturated carbocycles. The molecule has 5 aromatic rings. The van der Waals surface area contributed by atoms with E-state index >= 15 is 0 Å². The van der Waals surface area contributed by atoms with Crippen LogP contribution < -0.4 is 14.4 Å². The Morgan fingerprint density at radius 2 is 1.91 bits per heavy atom. The van der Waals surface area contributed by atoms with Crippen molar-refractivity contribution in [3.8, 4) is 11.5 Å². The molecule has 3 heterocycles. The first-order valence-electron chi connectivity index (χ1n) is 14.3. The molecule has 3 aromatic carbocycles. The molecule has 0 fully saturated rings. The first-order chi connectivity index (χ1) is 20.8. The number of Topliss-reactive ketones (excluding diaryl/α,β-unsaturated/α-hetero) is 1. The number of aliphatic hydroxyl groups excluding tert-OH is 1. The van der Waals surface area contributed by atoms with Gasteiger partial charge in [0.15, 0.2) is 28.0 Å². The predicted octanol–water partition coefficient (Wildman–Crippen LogP) is 8.02. The number of ether oxygens (including phenoxy) is 2. The molecule has 43 heavy (non-hydrogen) atoms. The van der Waals surface area contributed by atoms with Gasteiger partial charge in [0.25, 0.3) is 5.91 Å². The van der Waals surface area contributed by atoms with Crippen molar-refractivity contribution < 1.29 is 28.6 Å². The third kappa shape index (κ3) is 5.14. The van der Waals surface area contributed by atoms with Crippen LogP contribution in [0.15, 0.2) is 76.4 Å². The molecule has 6 rings (SSSR count). The number of thiazole rings is 1. The first-order valence-corrected chi connectivity index (χ1v) is 15.1. The van der Waals surface area contributed by atoms with Crippen LogP contribution >= 0.6 is 11.3 Å². The van der Waals surface area contributed by atoms with Gasteiger partial charge in [0.05, 0.1) is 35.5 Å². The fourth-order valence-electron chi connectivity index (χ4n) is 5.57. The highest BCUT2D eigenvalue weighted by Gasteiger charge is 2.47. The summed E-state index contributed by atoms with van der Waals surface area (Å²) in [6.07, 6.45) is 3.05. The summed E-state index contributed by atoms with van der Waals surface area (Å²) in [4.78, 5) is 34.2. The Bertz CT molecular complexity index is 1900. The number of rotatable bonds is 10. The van der Waals surface area contributed by atoms with Crippen molar-refractivity contribution in [1.82, 2.24) is 4.98 Å². The Balaban J connectivity index is 1.47. The monoisotopic (exact) mass is 596 g/mol. The van der Waals surface area contributed by atoms with Crippen LogP contribution in [0.25, 0.3) is 21.2 Å². The van der Waals surface area contributed by atoms with Gasteiger partial charge in [0, 0.05) is 5.39 Å². The zero-order valence-electron chi connectivity index (χ0n) is 24.5. The number of methoxy groups -OCH3 is 1. The number of ketones is 1. The second-order valence-electron chi connectivity index (χ2n) is 10.7. The molecule has 0 spiro atoms. The molecule has 1 unspecified atom stereocenters. The Hall–Kier alpha value is -4.63. The van der Waals surface area contributed by atoms with Crippen LogP contribution in [-0.2, 0) is 4.79 Å². The molecule has 1 amide bonds. The van der Waals surface area contributed by atoms with Crippen LogP contribution in [0.2, 0.25) is 0 Å². The molecular formula is C34H32N2O6S. The van der Waals surface area contributed by atoms with E-state index in [2.05, 4.69) is 6.92 Å². The van der Waals surface area contributed by atoms with Gasteiger partial charge in [-0.05, 0) is 67.3 Å². The van der Waals surface area contributed by atoms with Crippen LogP contribution in [0.1, 0.15) is 59.5 Å². The zero-order valence-corrected chi connectivity index (χ0v) is 25.3. The third-order valence-corrected chi connectivity index (χ3v) is 8.62. The highest BCUT2D eigenvalue weighted by Crippen LogP contribution is 2.45. The number of aromatic nitrogens is 1. The lowest BCUT2D eigenvalue weighted by atomic mass is 9.95. The number of anilines is 1. The van der Waals surface area contributed by atoms with Crippen molar-refractivity contribution in [2.75, 3.05) is 18.6 Å².